The molecule has 2 rings (SSSR count). The highest BCUT2D eigenvalue weighted by atomic mass is 32.2. The lowest BCUT2D eigenvalue weighted by Crippen LogP contribution is -2.28. The lowest BCUT2D eigenvalue weighted by atomic mass is 10.2. The van der Waals surface area contributed by atoms with Crippen LogP contribution in [0.4, 0.5) is 0 Å². The number of aromatic carboxylic acids is 1. The minimum Gasteiger partial charge on any atom is -0.494 e. The number of carboxylic acids is 1. The number of nitrogens with one attached hydrogen (secondary N) is 1. The summed E-state index contributed by atoms with van der Waals surface area (Å²) >= 11 is 1.37. The van der Waals surface area contributed by atoms with Crippen molar-refractivity contribution in [1.82, 2.24) is 10.5 Å². The van der Waals surface area contributed by atoms with Gasteiger partial charge in [-0.05, 0) is 25.1 Å². The third kappa shape index (κ3) is 5.24. The van der Waals surface area contributed by atoms with Crippen molar-refractivity contribution in [3.8, 4) is 5.75 Å². The van der Waals surface area contributed by atoms with Gasteiger partial charge in [0.15, 0.2) is 0 Å². The van der Waals surface area contributed by atoms with Crippen molar-refractivity contribution in [3.63, 3.8) is 0 Å². The molecule has 0 bridgehead atoms. The Bertz CT molecular complexity index is 761. The van der Waals surface area contributed by atoms with E-state index in [-0.39, 0.29) is 29.3 Å². The van der Waals surface area contributed by atoms with E-state index in [4.69, 9.17) is 14.0 Å². The first-order valence-electron chi connectivity index (χ1n) is 7.91. The number of hydrogen-bond donors (Lipinski definition) is 2. The standard InChI is InChI=1S/C17H20N2O6S/c1-3-24-11-5-4-6-12(9-11)26-10-13-14(17(21)22)15(25-19-13)16(20)18-7-8-23-2/h4-6,9H,3,7-8,10H2,1-2H3,(H,18,20)(H,21,22). The smallest absolute Gasteiger partial charge is 0.341 e. The number of nitrogens with zero attached hydrogens (tertiary/aromatic N) is 1. The molecule has 0 radical (unpaired) electrons. The third-order valence-electron chi connectivity index (χ3n) is 3.27. The van der Waals surface area contributed by atoms with Crippen LogP contribution in [0.1, 0.15) is 33.5 Å². The summed E-state index contributed by atoms with van der Waals surface area (Å²) in [4.78, 5) is 24.5. The SMILES string of the molecule is CCOc1cccc(SCc2noc(C(=O)NCCOC)c2C(=O)O)c1. The van der Waals surface area contributed by atoms with E-state index in [0.29, 0.717) is 13.2 Å². The molecule has 0 spiro atoms. The predicted octanol–water partition coefficient (Wildman–Crippen LogP) is 2.44. The molecule has 140 valence electrons. The Morgan fingerprint density at radius 1 is 1.38 bits per heavy atom. The first-order valence-corrected chi connectivity index (χ1v) is 8.90. The second kappa shape index (κ2) is 9.83. The highest BCUT2D eigenvalue weighted by molar-refractivity contribution is 7.98. The summed E-state index contributed by atoms with van der Waals surface area (Å²) in [6.45, 7) is 3.00. The highest BCUT2D eigenvalue weighted by Gasteiger charge is 2.27. The molecule has 8 nitrogen and oxygen atoms in total. The van der Waals surface area contributed by atoms with Crippen LogP contribution in [0.3, 0.4) is 0 Å². The summed E-state index contributed by atoms with van der Waals surface area (Å²) in [5.74, 6) is -1.24. The molecule has 1 aromatic heterocycles. The average molecular weight is 380 g/mol. The topological polar surface area (TPSA) is 111 Å². The number of carbonyl (C=O) groups excluding carboxylic acids is 1. The van der Waals surface area contributed by atoms with E-state index in [9.17, 15) is 14.7 Å². The maximum absolute atomic E-state index is 12.1. The molecule has 0 fully saturated rings. The molecular weight excluding hydrogens is 360 g/mol. The Morgan fingerprint density at radius 2 is 2.19 bits per heavy atom. The summed E-state index contributed by atoms with van der Waals surface area (Å²) in [5, 5.41) is 15.7. The van der Waals surface area contributed by atoms with Gasteiger partial charge >= 0.3 is 5.97 Å². The van der Waals surface area contributed by atoms with Crippen molar-refractivity contribution in [2.75, 3.05) is 26.9 Å². The number of amides is 1. The lowest BCUT2D eigenvalue weighted by molar-refractivity contribution is 0.0686. The fraction of sp³-hybridized carbons (Fsp3) is 0.353. The zero-order valence-corrected chi connectivity index (χ0v) is 15.3. The van der Waals surface area contributed by atoms with E-state index >= 15 is 0 Å². The van der Waals surface area contributed by atoms with Crippen molar-refractivity contribution in [1.29, 1.82) is 0 Å². The number of benzene rings is 1. The number of rotatable bonds is 10. The Labute approximate surface area is 154 Å². The van der Waals surface area contributed by atoms with Crippen LogP contribution in [0.2, 0.25) is 0 Å². The molecule has 0 aliphatic heterocycles. The summed E-state index contributed by atoms with van der Waals surface area (Å²) in [6, 6.07) is 7.43. The second-order valence-corrected chi connectivity index (χ2v) is 6.13. The number of ether oxygens (including phenoxy) is 2. The molecular formula is C17H20N2O6S. The zero-order chi connectivity index (χ0) is 18.9. The van der Waals surface area contributed by atoms with E-state index in [0.717, 1.165) is 10.6 Å². The first kappa shape index (κ1) is 19.8. The van der Waals surface area contributed by atoms with E-state index in [1.165, 1.54) is 18.9 Å². The summed E-state index contributed by atoms with van der Waals surface area (Å²) in [7, 11) is 1.50. The second-order valence-electron chi connectivity index (χ2n) is 5.08. The van der Waals surface area contributed by atoms with Gasteiger partial charge in [-0.15, -0.1) is 11.8 Å². The molecule has 9 heteroatoms. The van der Waals surface area contributed by atoms with Crippen LogP contribution in [0.15, 0.2) is 33.7 Å². The summed E-state index contributed by atoms with van der Waals surface area (Å²) in [6.07, 6.45) is 0. The number of hydrogen-bond acceptors (Lipinski definition) is 7. The van der Waals surface area contributed by atoms with Crippen LogP contribution in [0, 0.1) is 0 Å². The number of methoxy groups -OCH3 is 1. The monoisotopic (exact) mass is 380 g/mol. The van der Waals surface area contributed by atoms with E-state index in [1.807, 2.05) is 31.2 Å². The predicted molar refractivity (Wildman–Crippen MR) is 94.8 cm³/mol. The Hall–Kier alpha value is -2.52. The van der Waals surface area contributed by atoms with Gasteiger partial charge in [-0.3, -0.25) is 4.79 Å². The molecule has 0 unspecified atom stereocenters. The van der Waals surface area contributed by atoms with Crippen molar-refractivity contribution < 1.29 is 28.7 Å². The van der Waals surface area contributed by atoms with Crippen LogP contribution in [0.5, 0.6) is 5.75 Å². The highest BCUT2D eigenvalue weighted by Crippen LogP contribution is 2.28. The first-order chi connectivity index (χ1) is 12.6. The van der Waals surface area contributed by atoms with Crippen LogP contribution in [-0.2, 0) is 10.5 Å². The Morgan fingerprint density at radius 3 is 2.88 bits per heavy atom. The van der Waals surface area contributed by atoms with Gasteiger partial charge < -0.3 is 24.4 Å². The number of carboxylic acid groups (broad SMARTS) is 1. The molecule has 2 N–H and O–H groups in total. The van der Waals surface area contributed by atoms with Crippen LogP contribution in [-0.4, -0.2) is 49.0 Å². The van der Waals surface area contributed by atoms with Gasteiger partial charge in [0, 0.05) is 24.3 Å². The normalized spacial score (nSPS) is 10.5. The molecule has 1 amide bonds. The Balaban J connectivity index is 2.11. The van der Waals surface area contributed by atoms with Gasteiger partial charge in [0.25, 0.3) is 5.91 Å². The molecule has 1 heterocycles. The number of thioether (sulfide) groups is 1. The Kier molecular flexibility index (Phi) is 7.49. The maximum Gasteiger partial charge on any atom is 0.341 e. The molecule has 26 heavy (non-hydrogen) atoms. The lowest BCUT2D eigenvalue weighted by Gasteiger charge is -2.05. The minimum atomic E-state index is -1.26. The van der Waals surface area contributed by atoms with Gasteiger partial charge in [0.1, 0.15) is 17.0 Å². The molecule has 2 aromatic rings. The van der Waals surface area contributed by atoms with Crippen molar-refractivity contribution >= 4 is 23.6 Å². The van der Waals surface area contributed by atoms with Crippen molar-refractivity contribution in [2.24, 2.45) is 0 Å². The summed E-state index contributed by atoms with van der Waals surface area (Å²) < 4.78 is 15.3. The van der Waals surface area contributed by atoms with E-state index in [1.54, 1.807) is 0 Å². The van der Waals surface area contributed by atoms with Gasteiger partial charge in [0.05, 0.1) is 13.2 Å². The fourth-order valence-electron chi connectivity index (χ4n) is 2.12. The van der Waals surface area contributed by atoms with E-state index in [2.05, 4.69) is 10.5 Å². The van der Waals surface area contributed by atoms with Crippen LogP contribution in [0.25, 0.3) is 0 Å². The van der Waals surface area contributed by atoms with Gasteiger partial charge in [-0.1, -0.05) is 11.2 Å². The van der Waals surface area contributed by atoms with Crippen LogP contribution < -0.4 is 10.1 Å². The zero-order valence-electron chi connectivity index (χ0n) is 14.5. The molecule has 0 saturated heterocycles. The molecule has 1 aromatic carbocycles. The number of carbonyl (C=O) groups is 2. The third-order valence-corrected chi connectivity index (χ3v) is 4.27. The molecule has 0 aliphatic rings. The molecule has 0 atom stereocenters. The van der Waals surface area contributed by atoms with Gasteiger partial charge in [0.2, 0.25) is 5.76 Å². The average Bonchev–Trinajstić information content (AvgIpc) is 3.05. The fourth-order valence-corrected chi connectivity index (χ4v) is 2.99. The van der Waals surface area contributed by atoms with E-state index < -0.39 is 11.9 Å². The van der Waals surface area contributed by atoms with Crippen molar-refractivity contribution in [3.05, 3.63) is 41.3 Å². The van der Waals surface area contributed by atoms with Gasteiger partial charge in [-0.25, -0.2) is 4.79 Å². The van der Waals surface area contributed by atoms with Crippen molar-refractivity contribution in [2.45, 2.75) is 17.6 Å². The molecule has 0 saturated carbocycles. The van der Waals surface area contributed by atoms with Crippen LogP contribution >= 0.6 is 11.8 Å². The molecule has 0 aliphatic carbocycles. The largest absolute Gasteiger partial charge is 0.494 e. The summed E-state index contributed by atoms with van der Waals surface area (Å²) in [5.41, 5.74) is -0.0328. The van der Waals surface area contributed by atoms with Gasteiger partial charge in [-0.2, -0.15) is 0 Å². The quantitative estimate of drug-likeness (QED) is 0.478. The number of aromatic nitrogens is 1. The maximum atomic E-state index is 12.1. The minimum absolute atomic E-state index is 0.196.